The molecule has 0 atom stereocenters. The van der Waals surface area contributed by atoms with E-state index in [0.717, 1.165) is 0 Å². The van der Waals surface area contributed by atoms with Gasteiger partial charge in [0.05, 0.1) is 13.1 Å². The van der Waals surface area contributed by atoms with Crippen LogP contribution in [-0.4, -0.2) is 37.6 Å². The van der Waals surface area contributed by atoms with Crippen molar-refractivity contribution in [2.45, 2.75) is 12.8 Å². The first-order chi connectivity index (χ1) is 4.52. The summed E-state index contributed by atoms with van der Waals surface area (Å²) in [4.78, 5) is 1.58. The van der Waals surface area contributed by atoms with E-state index in [4.69, 9.17) is 5.11 Å². The summed E-state index contributed by atoms with van der Waals surface area (Å²) in [5, 5.41) is 8.93. The van der Waals surface area contributed by atoms with Crippen molar-refractivity contribution in [3.8, 4) is 0 Å². The molecule has 0 aromatic carbocycles. The van der Waals surface area contributed by atoms with Gasteiger partial charge >= 0.3 is 51.4 Å². The Balaban J connectivity index is 0. The molecule has 11 heavy (non-hydrogen) atoms. The molecule has 0 radical (unpaired) electrons. The third-order valence-corrected chi connectivity index (χ3v) is 1.00. The van der Waals surface area contributed by atoms with E-state index in [2.05, 4.69) is 0 Å². The van der Waals surface area contributed by atoms with Crippen LogP contribution in [-0.2, 0) is 0 Å². The number of likely N-dealkylation sites (tertiary alicyclic amines) is 1. The molecular formula is C6H12F2KNO. The average molecular weight is 191 g/mol. The molecule has 0 saturated carbocycles. The zero-order valence-corrected chi connectivity index (χ0v) is 10.4. The fourth-order valence-corrected chi connectivity index (χ4v) is 0.743. The average Bonchev–Trinajstić information content (AvgIpc) is 1.61. The number of hydrogen-bond acceptors (Lipinski definition) is 2. The maximum Gasteiger partial charge on any atom is 1.00 e. The molecule has 1 saturated heterocycles. The van der Waals surface area contributed by atoms with E-state index < -0.39 is 5.92 Å². The van der Waals surface area contributed by atoms with E-state index in [1.807, 2.05) is 0 Å². The fraction of sp³-hybridized carbons (Fsp3) is 1.00. The van der Waals surface area contributed by atoms with Crippen LogP contribution in [0.15, 0.2) is 0 Å². The summed E-state index contributed by atoms with van der Waals surface area (Å²) < 4.78 is 23.5. The maximum atomic E-state index is 11.7. The molecule has 62 valence electrons. The Bertz CT molecular complexity index is 94.6. The third-order valence-electron chi connectivity index (χ3n) is 1.00. The van der Waals surface area contributed by atoms with Crippen LogP contribution in [0.2, 0.25) is 0 Å². The number of rotatable bonds is 0. The first kappa shape index (κ1) is 14.9. The van der Waals surface area contributed by atoms with Gasteiger partial charge in [-0.2, -0.15) is 0 Å². The van der Waals surface area contributed by atoms with Crippen LogP contribution < -0.4 is 56.5 Å². The first-order valence-electron chi connectivity index (χ1n) is 3.16. The predicted molar refractivity (Wildman–Crippen MR) is 33.0 cm³/mol. The molecule has 0 N–H and O–H groups in total. The molecule has 0 unspecified atom stereocenters. The molecular weight excluding hydrogens is 179 g/mol. The molecule has 1 aliphatic heterocycles. The van der Waals surface area contributed by atoms with E-state index in [1.54, 1.807) is 18.9 Å². The normalized spacial score (nSPS) is 20.5. The topological polar surface area (TPSA) is 26.3 Å². The van der Waals surface area contributed by atoms with Gasteiger partial charge in [0, 0.05) is 0 Å². The number of alkyl halides is 2. The summed E-state index contributed by atoms with van der Waals surface area (Å²) in [7, 11) is 1.68. The zero-order chi connectivity index (χ0) is 8.20. The van der Waals surface area contributed by atoms with Crippen LogP contribution in [0.4, 0.5) is 8.78 Å². The fourth-order valence-electron chi connectivity index (χ4n) is 0.743. The Morgan fingerprint density at radius 3 is 1.73 bits per heavy atom. The predicted octanol–water partition coefficient (Wildman–Crippen LogP) is -3.06. The minimum absolute atomic E-state index is 0. The summed E-state index contributed by atoms with van der Waals surface area (Å²) >= 11 is 0. The van der Waals surface area contributed by atoms with Gasteiger partial charge < -0.3 is 5.11 Å². The summed E-state index contributed by atoms with van der Waals surface area (Å²) in [5.41, 5.74) is 0. The summed E-state index contributed by atoms with van der Waals surface area (Å²) in [6.07, 6.45) is 0. The largest absolute Gasteiger partial charge is 1.00 e. The molecule has 1 rings (SSSR count). The van der Waals surface area contributed by atoms with Gasteiger partial charge in [0.2, 0.25) is 0 Å². The second-order valence-electron chi connectivity index (χ2n) is 2.32. The third kappa shape index (κ3) is 7.77. The second kappa shape index (κ2) is 6.88. The molecule has 0 aromatic rings. The maximum absolute atomic E-state index is 11.7. The molecule has 2 nitrogen and oxygen atoms in total. The molecule has 1 fully saturated rings. The van der Waals surface area contributed by atoms with Gasteiger partial charge in [0.25, 0.3) is 5.92 Å². The van der Waals surface area contributed by atoms with Crippen molar-refractivity contribution in [1.29, 1.82) is 0 Å². The van der Waals surface area contributed by atoms with Crippen LogP contribution in [0.25, 0.3) is 0 Å². The summed E-state index contributed by atoms with van der Waals surface area (Å²) in [6, 6.07) is 0. The van der Waals surface area contributed by atoms with Crippen molar-refractivity contribution < 1.29 is 65.3 Å². The van der Waals surface area contributed by atoms with Gasteiger partial charge in [-0.3, -0.25) is 4.90 Å². The minimum Gasteiger partial charge on any atom is -0.855 e. The van der Waals surface area contributed by atoms with E-state index in [-0.39, 0.29) is 71.1 Å². The van der Waals surface area contributed by atoms with Crippen LogP contribution in [0.3, 0.4) is 0 Å². The molecule has 0 amide bonds. The van der Waals surface area contributed by atoms with Crippen molar-refractivity contribution in [2.24, 2.45) is 0 Å². The Hall–Kier alpha value is 1.42. The molecule has 1 heterocycles. The number of halogens is 2. The van der Waals surface area contributed by atoms with E-state index in [0.29, 0.717) is 0 Å². The molecule has 0 aromatic heterocycles. The Morgan fingerprint density at radius 2 is 1.73 bits per heavy atom. The van der Waals surface area contributed by atoms with Gasteiger partial charge in [0.15, 0.2) is 0 Å². The van der Waals surface area contributed by atoms with Crippen LogP contribution in [0.1, 0.15) is 6.92 Å². The standard InChI is InChI=1S/C4H7F2N.C2H5O.K/c1-7-2-4(5,6)3-7;1-2-3;/h2-3H2,1H3;2H2,1H3;/q;-1;+1. The van der Waals surface area contributed by atoms with Gasteiger partial charge in [-0.05, 0) is 7.05 Å². The van der Waals surface area contributed by atoms with Crippen LogP contribution >= 0.6 is 0 Å². The number of hydrogen-bond donors (Lipinski definition) is 0. The SMILES string of the molecule is CC[O-].CN1CC(F)(F)C1.[K+]. The van der Waals surface area contributed by atoms with Crippen molar-refractivity contribution in [3.05, 3.63) is 0 Å². The quantitative estimate of drug-likeness (QED) is 0.380. The van der Waals surface area contributed by atoms with Crippen molar-refractivity contribution >= 4 is 0 Å². The van der Waals surface area contributed by atoms with Gasteiger partial charge in [0.1, 0.15) is 0 Å². The Morgan fingerprint density at radius 1 is 1.45 bits per heavy atom. The monoisotopic (exact) mass is 191 g/mol. The van der Waals surface area contributed by atoms with E-state index >= 15 is 0 Å². The van der Waals surface area contributed by atoms with Crippen LogP contribution in [0, 0.1) is 0 Å². The van der Waals surface area contributed by atoms with Crippen molar-refractivity contribution in [1.82, 2.24) is 4.90 Å². The molecule has 1 aliphatic rings. The van der Waals surface area contributed by atoms with Crippen molar-refractivity contribution in [3.63, 3.8) is 0 Å². The summed E-state index contributed by atoms with van der Waals surface area (Å²) in [6.45, 7) is 1.44. The molecule has 5 heteroatoms. The van der Waals surface area contributed by atoms with E-state index in [1.165, 1.54) is 0 Å². The molecule has 0 aliphatic carbocycles. The summed E-state index contributed by atoms with van der Waals surface area (Å²) in [5.74, 6) is -2.38. The van der Waals surface area contributed by atoms with E-state index in [9.17, 15) is 8.78 Å². The van der Waals surface area contributed by atoms with Crippen molar-refractivity contribution in [2.75, 3.05) is 26.7 Å². The Kier molecular flexibility index (Phi) is 9.33. The zero-order valence-electron chi connectivity index (χ0n) is 7.23. The van der Waals surface area contributed by atoms with Gasteiger partial charge in [-0.1, -0.05) is 6.92 Å². The molecule has 0 bridgehead atoms. The molecule has 0 spiro atoms. The second-order valence-corrected chi connectivity index (χ2v) is 2.32. The van der Waals surface area contributed by atoms with Gasteiger partial charge in [-0.15, -0.1) is 6.61 Å². The first-order valence-corrected chi connectivity index (χ1v) is 3.16. The van der Waals surface area contributed by atoms with Crippen LogP contribution in [0.5, 0.6) is 0 Å². The Labute approximate surface area is 108 Å². The smallest absolute Gasteiger partial charge is 0.855 e. The van der Waals surface area contributed by atoms with Gasteiger partial charge in [-0.25, -0.2) is 8.78 Å². The number of nitrogens with zero attached hydrogens (tertiary/aromatic N) is 1. The minimum atomic E-state index is -2.38.